The summed E-state index contributed by atoms with van der Waals surface area (Å²) in [5, 5.41) is 0. The molecule has 19 heavy (non-hydrogen) atoms. The molecule has 106 valence electrons. The first-order chi connectivity index (χ1) is 9.03. The van der Waals surface area contributed by atoms with Crippen LogP contribution in [0.4, 0.5) is 0 Å². The summed E-state index contributed by atoms with van der Waals surface area (Å²) in [6, 6.07) is 0. The van der Waals surface area contributed by atoms with Gasteiger partial charge in [0.1, 0.15) is 5.82 Å². The maximum Gasteiger partial charge on any atom is 0.150 e. The standard InChI is InChI=1S/C14H22N2O2S/c1-11-4-2-6-16-9-13(15-14(11)16)8-12-5-3-7-19(17,18)10-12/h9,11-12H,2-8,10H2,1H3. The van der Waals surface area contributed by atoms with E-state index in [1.807, 2.05) is 0 Å². The van der Waals surface area contributed by atoms with Crippen molar-refractivity contribution in [1.29, 1.82) is 0 Å². The van der Waals surface area contributed by atoms with Crippen molar-refractivity contribution in [2.75, 3.05) is 11.5 Å². The monoisotopic (exact) mass is 282 g/mol. The molecule has 1 saturated heterocycles. The third kappa shape index (κ3) is 2.86. The number of sulfone groups is 1. The quantitative estimate of drug-likeness (QED) is 0.835. The third-order valence-electron chi connectivity index (χ3n) is 4.39. The second-order valence-electron chi connectivity index (χ2n) is 6.15. The Morgan fingerprint density at radius 3 is 2.95 bits per heavy atom. The zero-order valence-corrected chi connectivity index (χ0v) is 12.3. The summed E-state index contributed by atoms with van der Waals surface area (Å²) in [6.45, 7) is 3.29. The molecule has 4 nitrogen and oxygen atoms in total. The Bertz CT molecular complexity index is 562. The van der Waals surface area contributed by atoms with Gasteiger partial charge in [-0.1, -0.05) is 6.92 Å². The topological polar surface area (TPSA) is 52.0 Å². The number of rotatable bonds is 2. The molecular weight excluding hydrogens is 260 g/mol. The zero-order valence-electron chi connectivity index (χ0n) is 11.5. The molecule has 1 fully saturated rings. The predicted molar refractivity (Wildman–Crippen MR) is 75.0 cm³/mol. The number of hydrogen-bond acceptors (Lipinski definition) is 3. The first kappa shape index (κ1) is 13.2. The van der Waals surface area contributed by atoms with Crippen molar-refractivity contribution in [3.05, 3.63) is 17.7 Å². The second-order valence-corrected chi connectivity index (χ2v) is 8.38. The van der Waals surface area contributed by atoms with Crippen molar-refractivity contribution in [2.24, 2.45) is 5.92 Å². The van der Waals surface area contributed by atoms with Crippen molar-refractivity contribution < 1.29 is 8.42 Å². The number of aryl methyl sites for hydroxylation is 1. The highest BCUT2D eigenvalue weighted by molar-refractivity contribution is 7.91. The summed E-state index contributed by atoms with van der Waals surface area (Å²) >= 11 is 0. The van der Waals surface area contributed by atoms with Crippen LogP contribution in [0.2, 0.25) is 0 Å². The van der Waals surface area contributed by atoms with Gasteiger partial charge in [0.2, 0.25) is 0 Å². The van der Waals surface area contributed by atoms with Crippen molar-refractivity contribution in [3.8, 4) is 0 Å². The molecule has 2 aliphatic rings. The van der Waals surface area contributed by atoms with Gasteiger partial charge < -0.3 is 4.57 Å². The minimum absolute atomic E-state index is 0.269. The Balaban J connectivity index is 1.73. The van der Waals surface area contributed by atoms with Crippen LogP contribution in [-0.4, -0.2) is 29.5 Å². The van der Waals surface area contributed by atoms with Crippen LogP contribution in [0.1, 0.15) is 50.0 Å². The highest BCUT2D eigenvalue weighted by Crippen LogP contribution is 2.28. The maximum absolute atomic E-state index is 11.7. The molecular formula is C14H22N2O2S. The first-order valence-electron chi connectivity index (χ1n) is 7.30. The average Bonchev–Trinajstić information content (AvgIpc) is 2.71. The van der Waals surface area contributed by atoms with Crippen LogP contribution < -0.4 is 0 Å². The van der Waals surface area contributed by atoms with E-state index < -0.39 is 9.84 Å². The van der Waals surface area contributed by atoms with E-state index in [0.29, 0.717) is 17.4 Å². The fraction of sp³-hybridized carbons (Fsp3) is 0.786. The molecule has 2 atom stereocenters. The molecule has 0 amide bonds. The smallest absolute Gasteiger partial charge is 0.150 e. The summed E-state index contributed by atoms with van der Waals surface area (Å²) in [5.41, 5.74) is 1.09. The van der Waals surface area contributed by atoms with E-state index in [4.69, 9.17) is 4.98 Å². The minimum Gasteiger partial charge on any atom is -0.334 e. The van der Waals surface area contributed by atoms with Gasteiger partial charge in [-0.25, -0.2) is 13.4 Å². The van der Waals surface area contributed by atoms with Crippen molar-refractivity contribution in [2.45, 2.75) is 51.5 Å². The van der Waals surface area contributed by atoms with E-state index in [0.717, 1.165) is 31.5 Å². The second kappa shape index (κ2) is 4.93. The Hall–Kier alpha value is -0.840. The molecule has 3 rings (SSSR count). The average molecular weight is 282 g/mol. The van der Waals surface area contributed by atoms with Crippen LogP contribution in [0, 0.1) is 5.92 Å². The fourth-order valence-electron chi connectivity index (χ4n) is 3.43. The van der Waals surface area contributed by atoms with E-state index in [2.05, 4.69) is 17.7 Å². The zero-order chi connectivity index (χ0) is 13.5. The lowest BCUT2D eigenvalue weighted by Gasteiger charge is -2.20. The van der Waals surface area contributed by atoms with Crippen LogP contribution in [0.15, 0.2) is 6.20 Å². The third-order valence-corrected chi connectivity index (χ3v) is 6.28. The Morgan fingerprint density at radius 2 is 2.21 bits per heavy atom. The van der Waals surface area contributed by atoms with Gasteiger partial charge in [-0.2, -0.15) is 0 Å². The number of hydrogen-bond donors (Lipinski definition) is 0. The largest absolute Gasteiger partial charge is 0.334 e. The Labute approximate surface area is 115 Å². The Kier molecular flexibility index (Phi) is 3.41. The molecule has 0 spiro atoms. The van der Waals surface area contributed by atoms with Crippen molar-refractivity contribution in [1.82, 2.24) is 9.55 Å². The van der Waals surface area contributed by atoms with Gasteiger partial charge >= 0.3 is 0 Å². The van der Waals surface area contributed by atoms with E-state index in [-0.39, 0.29) is 5.92 Å². The van der Waals surface area contributed by atoms with Crippen LogP contribution in [0.25, 0.3) is 0 Å². The number of fused-ring (bicyclic) bond motifs is 1. The normalized spacial score (nSPS) is 29.9. The van der Waals surface area contributed by atoms with E-state index in [1.165, 1.54) is 18.7 Å². The molecule has 3 heterocycles. The van der Waals surface area contributed by atoms with Gasteiger partial charge in [-0.15, -0.1) is 0 Å². The number of nitrogens with zero attached hydrogens (tertiary/aromatic N) is 2. The lowest BCUT2D eigenvalue weighted by molar-refractivity contribution is 0.463. The molecule has 1 aromatic heterocycles. The van der Waals surface area contributed by atoms with Crippen LogP contribution in [0.5, 0.6) is 0 Å². The van der Waals surface area contributed by atoms with E-state index in [1.54, 1.807) is 0 Å². The molecule has 2 aliphatic heterocycles. The number of imidazole rings is 1. The van der Waals surface area contributed by atoms with Crippen LogP contribution in [-0.2, 0) is 22.8 Å². The maximum atomic E-state index is 11.7. The molecule has 0 aliphatic carbocycles. The lowest BCUT2D eigenvalue weighted by atomic mass is 10.00. The highest BCUT2D eigenvalue weighted by Gasteiger charge is 2.26. The van der Waals surface area contributed by atoms with Gasteiger partial charge in [-0.05, 0) is 38.0 Å². The SMILES string of the molecule is CC1CCCn2cc(CC3CCCS(=O)(=O)C3)nc21. The molecule has 0 N–H and O–H groups in total. The van der Waals surface area contributed by atoms with Crippen molar-refractivity contribution in [3.63, 3.8) is 0 Å². The molecule has 0 saturated carbocycles. The molecule has 2 unspecified atom stereocenters. The molecule has 0 radical (unpaired) electrons. The lowest BCUT2D eigenvalue weighted by Crippen LogP contribution is -2.26. The van der Waals surface area contributed by atoms with Crippen molar-refractivity contribution >= 4 is 9.84 Å². The van der Waals surface area contributed by atoms with E-state index >= 15 is 0 Å². The molecule has 0 bridgehead atoms. The van der Waals surface area contributed by atoms with Gasteiger partial charge in [0.15, 0.2) is 9.84 Å². The van der Waals surface area contributed by atoms with Gasteiger partial charge in [-0.3, -0.25) is 0 Å². The summed E-state index contributed by atoms with van der Waals surface area (Å²) < 4.78 is 25.6. The van der Waals surface area contributed by atoms with Gasteiger partial charge in [0, 0.05) is 18.7 Å². The fourth-order valence-corrected chi connectivity index (χ4v) is 5.20. The predicted octanol–water partition coefficient (Wildman–Crippen LogP) is 2.15. The molecule has 0 aromatic carbocycles. The van der Waals surface area contributed by atoms with Crippen LogP contribution >= 0.6 is 0 Å². The van der Waals surface area contributed by atoms with E-state index in [9.17, 15) is 8.42 Å². The summed E-state index contributed by atoms with van der Waals surface area (Å²) in [6.07, 6.45) is 7.25. The van der Waals surface area contributed by atoms with Crippen LogP contribution in [0.3, 0.4) is 0 Å². The van der Waals surface area contributed by atoms with Gasteiger partial charge in [0.25, 0.3) is 0 Å². The van der Waals surface area contributed by atoms with Gasteiger partial charge in [0.05, 0.1) is 17.2 Å². The number of aromatic nitrogens is 2. The first-order valence-corrected chi connectivity index (χ1v) is 9.12. The molecule has 1 aromatic rings. The summed E-state index contributed by atoms with van der Waals surface area (Å²) in [7, 11) is -2.80. The molecule has 5 heteroatoms. The minimum atomic E-state index is -2.80. The highest BCUT2D eigenvalue weighted by atomic mass is 32.2. The Morgan fingerprint density at radius 1 is 1.37 bits per heavy atom. The summed E-state index contributed by atoms with van der Waals surface area (Å²) in [5.74, 6) is 2.73. The summed E-state index contributed by atoms with van der Waals surface area (Å²) in [4.78, 5) is 4.74.